The molecule has 66 valence electrons. The highest BCUT2D eigenvalue weighted by Crippen LogP contribution is 2.37. The summed E-state index contributed by atoms with van der Waals surface area (Å²) in [5.74, 6) is -0.411. The van der Waals surface area contributed by atoms with Crippen molar-refractivity contribution in [2.75, 3.05) is 0 Å². The zero-order valence-corrected chi connectivity index (χ0v) is 8.49. The van der Waals surface area contributed by atoms with Gasteiger partial charge in [-0.3, -0.25) is 4.79 Å². The van der Waals surface area contributed by atoms with E-state index >= 15 is 0 Å². The zero-order valence-electron chi connectivity index (χ0n) is 6.97. The lowest BCUT2D eigenvalue weighted by Crippen LogP contribution is -2.33. The molecule has 1 aliphatic rings. The Labute approximate surface area is 82.0 Å². The minimum absolute atomic E-state index is 0.406. The topological polar surface area (TPSA) is 17.1 Å². The van der Waals surface area contributed by atoms with Crippen LogP contribution < -0.4 is 0 Å². The van der Waals surface area contributed by atoms with Gasteiger partial charge in [-0.15, -0.1) is 11.6 Å². The van der Waals surface area contributed by atoms with Crippen LogP contribution in [0.3, 0.4) is 0 Å². The maximum atomic E-state index is 11.0. The van der Waals surface area contributed by atoms with Crippen molar-refractivity contribution in [3.63, 3.8) is 0 Å². The van der Waals surface area contributed by atoms with E-state index in [4.69, 9.17) is 23.2 Å². The Bertz CT molecular complexity index is 264. The van der Waals surface area contributed by atoms with E-state index in [1.54, 1.807) is 13.0 Å². The zero-order chi connectivity index (χ0) is 9.35. The first-order valence-electron chi connectivity index (χ1n) is 3.70. The van der Waals surface area contributed by atoms with E-state index in [-0.39, 0.29) is 0 Å². The molecule has 0 aromatic carbocycles. The Morgan fingerprint density at radius 3 is 2.67 bits per heavy atom. The van der Waals surface area contributed by atoms with Crippen molar-refractivity contribution in [1.29, 1.82) is 0 Å². The average Bonchev–Trinajstić information content (AvgIpc) is 1.94. The van der Waals surface area contributed by atoms with E-state index in [2.05, 4.69) is 0 Å². The molecule has 0 heterocycles. The lowest BCUT2D eigenvalue weighted by molar-refractivity contribution is -0.114. The Balaban J connectivity index is 3.01. The smallest absolute Gasteiger partial charge is 0.230 e. The summed E-state index contributed by atoms with van der Waals surface area (Å²) >= 11 is 11.6. The first-order valence-corrected chi connectivity index (χ1v) is 4.45. The minimum atomic E-state index is -0.659. The third kappa shape index (κ3) is 1.57. The number of allylic oxidation sites excluding steroid dienone is 4. The molecular formula is C9H10Cl2O. The van der Waals surface area contributed by atoms with E-state index in [9.17, 15) is 4.79 Å². The van der Waals surface area contributed by atoms with Crippen LogP contribution in [-0.4, -0.2) is 10.1 Å². The lowest BCUT2D eigenvalue weighted by atomic mass is 9.84. The molecule has 0 saturated carbocycles. The number of carbonyl (C=O) groups is 1. The summed E-state index contributed by atoms with van der Waals surface area (Å²) in [6.07, 6.45) is 5.43. The molecule has 2 unspecified atom stereocenters. The van der Waals surface area contributed by atoms with Gasteiger partial charge >= 0.3 is 0 Å². The van der Waals surface area contributed by atoms with Gasteiger partial charge in [0, 0.05) is 0 Å². The monoisotopic (exact) mass is 204 g/mol. The highest BCUT2D eigenvalue weighted by molar-refractivity contribution is 6.65. The van der Waals surface area contributed by atoms with Gasteiger partial charge in [0.1, 0.15) is 0 Å². The molecule has 0 N–H and O–H groups in total. The van der Waals surface area contributed by atoms with Crippen molar-refractivity contribution in [1.82, 2.24) is 0 Å². The summed E-state index contributed by atoms with van der Waals surface area (Å²) in [6, 6.07) is 0. The number of carbonyl (C=O) groups excluding carboxylic acids is 1. The number of hydrogen-bond acceptors (Lipinski definition) is 1. The fourth-order valence-electron chi connectivity index (χ4n) is 1.19. The summed E-state index contributed by atoms with van der Waals surface area (Å²) in [5.41, 5.74) is 0.964. The van der Waals surface area contributed by atoms with Crippen LogP contribution in [0.2, 0.25) is 0 Å². The van der Waals surface area contributed by atoms with E-state index in [1.165, 1.54) is 0 Å². The van der Waals surface area contributed by atoms with Crippen molar-refractivity contribution in [2.24, 2.45) is 5.92 Å². The van der Waals surface area contributed by atoms with Gasteiger partial charge in [-0.05, 0) is 25.4 Å². The molecule has 0 amide bonds. The molecule has 0 spiro atoms. The lowest BCUT2D eigenvalue weighted by Gasteiger charge is -2.30. The van der Waals surface area contributed by atoms with Gasteiger partial charge < -0.3 is 0 Å². The third-order valence-corrected chi connectivity index (χ3v) is 3.02. The molecule has 1 rings (SSSR count). The summed E-state index contributed by atoms with van der Waals surface area (Å²) in [5, 5.41) is -0.406. The van der Waals surface area contributed by atoms with Gasteiger partial charge in [0.15, 0.2) is 0 Å². The molecule has 0 saturated heterocycles. The van der Waals surface area contributed by atoms with Crippen LogP contribution in [0.5, 0.6) is 0 Å². The fraction of sp³-hybridized carbons (Fsp3) is 0.444. The molecule has 1 aliphatic carbocycles. The first kappa shape index (κ1) is 9.82. The van der Waals surface area contributed by atoms with Gasteiger partial charge in [0.2, 0.25) is 5.24 Å². The van der Waals surface area contributed by atoms with Crippen molar-refractivity contribution in [3.05, 3.63) is 23.8 Å². The van der Waals surface area contributed by atoms with Crippen LogP contribution in [0, 0.1) is 5.92 Å². The fourth-order valence-corrected chi connectivity index (χ4v) is 1.77. The van der Waals surface area contributed by atoms with Crippen LogP contribution in [0.15, 0.2) is 23.8 Å². The number of halogens is 2. The number of hydrogen-bond donors (Lipinski definition) is 0. The molecule has 0 aromatic heterocycles. The Kier molecular flexibility index (Phi) is 2.64. The van der Waals surface area contributed by atoms with Crippen LogP contribution in [-0.2, 0) is 4.79 Å². The molecule has 1 nitrogen and oxygen atoms in total. The molecule has 0 fully saturated rings. The maximum Gasteiger partial charge on any atom is 0.230 e. The average molecular weight is 205 g/mol. The molecule has 0 aliphatic heterocycles. The summed E-state index contributed by atoms with van der Waals surface area (Å²) in [7, 11) is 0. The van der Waals surface area contributed by atoms with Crippen LogP contribution >= 0.6 is 23.2 Å². The van der Waals surface area contributed by atoms with Gasteiger partial charge in [0.05, 0.1) is 10.8 Å². The van der Waals surface area contributed by atoms with Crippen molar-refractivity contribution in [2.45, 2.75) is 18.7 Å². The third-order valence-electron chi connectivity index (χ3n) is 2.25. The van der Waals surface area contributed by atoms with Crippen LogP contribution in [0.25, 0.3) is 0 Å². The second kappa shape index (κ2) is 3.23. The quantitative estimate of drug-likeness (QED) is 0.475. The normalized spacial score (nSPS) is 34.7. The predicted molar refractivity (Wildman–Crippen MR) is 51.5 cm³/mol. The van der Waals surface area contributed by atoms with Gasteiger partial charge in [-0.2, -0.15) is 0 Å². The van der Waals surface area contributed by atoms with Crippen molar-refractivity contribution in [3.8, 4) is 0 Å². The highest BCUT2D eigenvalue weighted by Gasteiger charge is 2.37. The van der Waals surface area contributed by atoms with Crippen molar-refractivity contribution < 1.29 is 4.79 Å². The number of rotatable bonds is 1. The first-order chi connectivity index (χ1) is 5.46. The van der Waals surface area contributed by atoms with E-state index in [0.717, 1.165) is 5.57 Å². The summed E-state index contributed by atoms with van der Waals surface area (Å²) < 4.78 is 0. The van der Waals surface area contributed by atoms with E-state index in [0.29, 0.717) is 0 Å². The molecule has 12 heavy (non-hydrogen) atoms. The summed E-state index contributed by atoms with van der Waals surface area (Å²) in [4.78, 5) is 10.3. The van der Waals surface area contributed by atoms with E-state index in [1.807, 2.05) is 19.1 Å². The van der Waals surface area contributed by atoms with Gasteiger partial charge in [-0.25, -0.2) is 0 Å². The molecule has 0 bridgehead atoms. The largest absolute Gasteiger partial charge is 0.281 e. The molecule has 3 heteroatoms. The van der Waals surface area contributed by atoms with Gasteiger partial charge in [0.25, 0.3) is 0 Å². The SMILES string of the molecule is CC1=CC=CC(C(=O)Cl)C1(C)Cl. The number of alkyl halides is 1. The second-order valence-electron chi connectivity index (χ2n) is 3.09. The van der Waals surface area contributed by atoms with Crippen molar-refractivity contribution >= 4 is 28.4 Å². The molecule has 0 aromatic rings. The second-order valence-corrected chi connectivity index (χ2v) is 4.25. The molecule has 2 atom stereocenters. The highest BCUT2D eigenvalue weighted by atomic mass is 35.5. The summed E-state index contributed by atoms with van der Waals surface area (Å²) in [6.45, 7) is 3.69. The standard InChI is InChI=1S/C9H10Cl2O/c1-6-4-3-5-7(8(10)12)9(6,2)11/h3-5,7H,1-2H3. The molecule has 0 radical (unpaired) electrons. The molecular weight excluding hydrogens is 195 g/mol. The van der Waals surface area contributed by atoms with Crippen LogP contribution in [0.1, 0.15) is 13.8 Å². The van der Waals surface area contributed by atoms with Crippen LogP contribution in [0.4, 0.5) is 0 Å². The predicted octanol–water partition coefficient (Wildman–Crippen LogP) is 2.88. The minimum Gasteiger partial charge on any atom is -0.281 e. The Hall–Kier alpha value is -0.270. The Morgan fingerprint density at radius 2 is 2.25 bits per heavy atom. The van der Waals surface area contributed by atoms with E-state index < -0.39 is 16.0 Å². The maximum absolute atomic E-state index is 11.0. The van der Waals surface area contributed by atoms with Gasteiger partial charge in [-0.1, -0.05) is 23.8 Å². The Morgan fingerprint density at radius 1 is 1.67 bits per heavy atom.